The number of nitro benzene ring substituents is 1. The van der Waals surface area contributed by atoms with Gasteiger partial charge in [-0.2, -0.15) is 4.98 Å². The Morgan fingerprint density at radius 2 is 1.84 bits per heavy atom. The number of nitrogens with one attached hydrogen (secondary N) is 2. The van der Waals surface area contributed by atoms with Crippen LogP contribution in [0.1, 0.15) is 18.5 Å². The smallest absolute Gasteiger partial charge is 0.275 e. The second-order valence-corrected chi connectivity index (χ2v) is 9.18. The summed E-state index contributed by atoms with van der Waals surface area (Å²) in [6, 6.07) is 17.2. The van der Waals surface area contributed by atoms with Crippen LogP contribution in [0, 0.1) is 10.1 Å². The molecular formula is C26H20Cl2N6O4. The highest BCUT2D eigenvalue weighted by Gasteiger charge is 2.38. The number of para-hydroxylation sites is 3. The Bertz CT molecular complexity index is 1620. The number of benzene rings is 3. The molecule has 4 aromatic rings. The lowest BCUT2D eigenvalue weighted by atomic mass is 9.93. The highest BCUT2D eigenvalue weighted by Crippen LogP contribution is 2.40. The Morgan fingerprint density at radius 3 is 2.58 bits per heavy atom. The number of halogens is 2. The molecule has 1 amide bonds. The summed E-state index contributed by atoms with van der Waals surface area (Å²) in [5, 5.41) is 23.3. The normalized spacial score (nSPS) is 14.5. The molecular weight excluding hydrogens is 531 g/mol. The van der Waals surface area contributed by atoms with E-state index in [1.807, 2.05) is 0 Å². The van der Waals surface area contributed by atoms with Gasteiger partial charge in [0.15, 0.2) is 5.82 Å². The molecule has 5 rings (SSSR count). The Kier molecular flexibility index (Phi) is 6.75. The number of fused-ring (bicyclic) bond motifs is 1. The van der Waals surface area contributed by atoms with Crippen molar-refractivity contribution in [3.63, 3.8) is 0 Å². The predicted octanol–water partition coefficient (Wildman–Crippen LogP) is 6.10. The summed E-state index contributed by atoms with van der Waals surface area (Å²) >= 11 is 12.3. The van der Waals surface area contributed by atoms with Crippen molar-refractivity contribution < 1.29 is 14.5 Å². The molecule has 12 heteroatoms. The van der Waals surface area contributed by atoms with Crippen LogP contribution in [0.2, 0.25) is 10.0 Å². The van der Waals surface area contributed by atoms with Gasteiger partial charge in [0.25, 0.3) is 11.6 Å². The number of aromatic nitrogens is 3. The third-order valence-electron chi connectivity index (χ3n) is 6.06. The van der Waals surface area contributed by atoms with Crippen molar-refractivity contribution in [1.82, 2.24) is 14.8 Å². The molecule has 38 heavy (non-hydrogen) atoms. The summed E-state index contributed by atoms with van der Waals surface area (Å²) in [5.41, 5.74) is 1.83. The van der Waals surface area contributed by atoms with Crippen LogP contribution < -0.4 is 15.4 Å². The Balaban J connectivity index is 1.66. The van der Waals surface area contributed by atoms with Gasteiger partial charge in [0.05, 0.1) is 38.9 Å². The van der Waals surface area contributed by atoms with Crippen molar-refractivity contribution in [2.24, 2.45) is 0 Å². The van der Waals surface area contributed by atoms with Crippen LogP contribution >= 0.6 is 23.2 Å². The summed E-state index contributed by atoms with van der Waals surface area (Å²) in [6.45, 7) is 1.70. The molecule has 192 valence electrons. The van der Waals surface area contributed by atoms with E-state index in [-0.39, 0.29) is 16.8 Å². The van der Waals surface area contributed by atoms with E-state index in [0.717, 1.165) is 0 Å². The fourth-order valence-electron chi connectivity index (χ4n) is 4.31. The molecule has 2 heterocycles. The number of allylic oxidation sites excluding steroid dienone is 1. The SMILES string of the molecule is COc1ccccc1NC(=O)C1=C(C)Nc2nc(-c3ccc(Cl)c(Cl)c3)nn2C1c1ccccc1[N+](=O)[O-]. The van der Waals surface area contributed by atoms with E-state index in [2.05, 4.69) is 20.7 Å². The number of nitrogens with zero attached hydrogens (tertiary/aromatic N) is 4. The number of methoxy groups -OCH3 is 1. The fraction of sp³-hybridized carbons (Fsp3) is 0.115. The number of hydrogen-bond donors (Lipinski definition) is 2. The van der Waals surface area contributed by atoms with Crippen molar-refractivity contribution in [2.75, 3.05) is 17.7 Å². The van der Waals surface area contributed by atoms with Crippen molar-refractivity contribution in [1.29, 1.82) is 0 Å². The van der Waals surface area contributed by atoms with Gasteiger partial charge in [-0.15, -0.1) is 5.10 Å². The van der Waals surface area contributed by atoms with E-state index in [9.17, 15) is 14.9 Å². The summed E-state index contributed by atoms with van der Waals surface area (Å²) < 4.78 is 6.83. The van der Waals surface area contributed by atoms with E-state index >= 15 is 0 Å². The van der Waals surface area contributed by atoms with Crippen LogP contribution in [0.5, 0.6) is 5.75 Å². The van der Waals surface area contributed by atoms with Crippen molar-refractivity contribution in [3.8, 4) is 17.1 Å². The molecule has 1 atom stereocenters. The molecule has 10 nitrogen and oxygen atoms in total. The average Bonchev–Trinajstić information content (AvgIpc) is 3.33. The lowest BCUT2D eigenvalue weighted by molar-refractivity contribution is -0.385. The first-order valence-electron chi connectivity index (χ1n) is 11.4. The third-order valence-corrected chi connectivity index (χ3v) is 6.80. The van der Waals surface area contributed by atoms with Crippen LogP contribution in [0.3, 0.4) is 0 Å². The minimum Gasteiger partial charge on any atom is -0.495 e. The lowest BCUT2D eigenvalue weighted by Crippen LogP contribution is -2.32. The molecule has 0 aliphatic carbocycles. The van der Waals surface area contributed by atoms with Crippen molar-refractivity contribution in [3.05, 3.63) is 104 Å². The van der Waals surface area contributed by atoms with Gasteiger partial charge in [0.2, 0.25) is 5.95 Å². The summed E-state index contributed by atoms with van der Waals surface area (Å²) in [4.78, 5) is 29.8. The van der Waals surface area contributed by atoms with Crippen LogP contribution in [-0.2, 0) is 4.79 Å². The molecule has 0 saturated heterocycles. The molecule has 1 aliphatic heterocycles. The number of ether oxygens (including phenoxy) is 1. The van der Waals surface area contributed by atoms with Gasteiger partial charge < -0.3 is 15.4 Å². The summed E-state index contributed by atoms with van der Waals surface area (Å²) in [7, 11) is 1.50. The van der Waals surface area contributed by atoms with Gasteiger partial charge in [0, 0.05) is 17.3 Å². The molecule has 0 saturated carbocycles. The molecule has 1 aromatic heterocycles. The van der Waals surface area contributed by atoms with Crippen LogP contribution in [0.4, 0.5) is 17.3 Å². The van der Waals surface area contributed by atoms with Gasteiger partial charge in [-0.3, -0.25) is 14.9 Å². The maximum atomic E-state index is 13.8. The van der Waals surface area contributed by atoms with Gasteiger partial charge in [0.1, 0.15) is 11.8 Å². The minimum atomic E-state index is -0.966. The number of anilines is 2. The van der Waals surface area contributed by atoms with Crippen molar-refractivity contribution >= 4 is 46.4 Å². The molecule has 2 N–H and O–H groups in total. The standard InChI is InChI=1S/C26H20Cl2N6O4/c1-14-22(25(35)30-19-8-4-6-10-21(19)38-2)23(16-7-3-5-9-20(16)34(36)37)33-26(29-14)31-24(32-33)15-11-12-17(27)18(28)13-15/h3-13,23H,1-2H3,(H,30,35)(H,29,31,32). The molecule has 3 aromatic carbocycles. The highest BCUT2D eigenvalue weighted by molar-refractivity contribution is 6.42. The van der Waals surface area contributed by atoms with Crippen LogP contribution in [0.25, 0.3) is 11.4 Å². The van der Waals surface area contributed by atoms with E-state index in [1.54, 1.807) is 67.6 Å². The van der Waals surface area contributed by atoms with Crippen LogP contribution in [0.15, 0.2) is 78.0 Å². The Morgan fingerprint density at radius 1 is 1.11 bits per heavy atom. The van der Waals surface area contributed by atoms with Gasteiger partial charge in [-0.1, -0.05) is 47.5 Å². The van der Waals surface area contributed by atoms with Gasteiger partial charge in [-0.25, -0.2) is 4.68 Å². The number of rotatable bonds is 6. The minimum absolute atomic E-state index is 0.160. The van der Waals surface area contributed by atoms with Crippen molar-refractivity contribution in [2.45, 2.75) is 13.0 Å². The van der Waals surface area contributed by atoms with Gasteiger partial charge in [-0.05, 0) is 43.3 Å². The Hall–Kier alpha value is -4.41. The fourth-order valence-corrected chi connectivity index (χ4v) is 4.61. The molecule has 1 aliphatic rings. The zero-order valence-corrected chi connectivity index (χ0v) is 21.6. The Labute approximate surface area is 227 Å². The zero-order chi connectivity index (χ0) is 27.0. The lowest BCUT2D eigenvalue weighted by Gasteiger charge is -2.28. The summed E-state index contributed by atoms with van der Waals surface area (Å²) in [5.74, 6) is 0.586. The largest absolute Gasteiger partial charge is 0.495 e. The molecule has 1 unspecified atom stereocenters. The number of hydrogen-bond acceptors (Lipinski definition) is 7. The first-order valence-corrected chi connectivity index (χ1v) is 12.1. The van der Waals surface area contributed by atoms with Gasteiger partial charge >= 0.3 is 0 Å². The monoisotopic (exact) mass is 550 g/mol. The number of carbonyl (C=O) groups excluding carboxylic acids is 1. The quantitative estimate of drug-likeness (QED) is 0.219. The molecule has 0 fully saturated rings. The maximum absolute atomic E-state index is 13.8. The molecule has 0 radical (unpaired) electrons. The topological polar surface area (TPSA) is 124 Å². The van der Waals surface area contributed by atoms with Crippen LogP contribution in [-0.4, -0.2) is 32.7 Å². The number of amides is 1. The third kappa shape index (κ3) is 4.55. The van der Waals surface area contributed by atoms with E-state index in [4.69, 9.17) is 27.9 Å². The number of carbonyl (C=O) groups is 1. The first-order chi connectivity index (χ1) is 18.3. The second kappa shape index (κ2) is 10.2. The summed E-state index contributed by atoms with van der Waals surface area (Å²) in [6.07, 6.45) is 0. The maximum Gasteiger partial charge on any atom is 0.275 e. The van der Waals surface area contributed by atoms with E-state index in [0.29, 0.717) is 44.5 Å². The average molecular weight is 551 g/mol. The first kappa shape index (κ1) is 25.2. The molecule has 0 bridgehead atoms. The zero-order valence-electron chi connectivity index (χ0n) is 20.1. The van der Waals surface area contributed by atoms with E-state index < -0.39 is 16.9 Å². The predicted molar refractivity (Wildman–Crippen MR) is 145 cm³/mol. The second-order valence-electron chi connectivity index (χ2n) is 8.37. The highest BCUT2D eigenvalue weighted by atomic mass is 35.5. The van der Waals surface area contributed by atoms with E-state index in [1.165, 1.54) is 17.9 Å². The number of nitro groups is 1. The molecule has 0 spiro atoms.